The molecular formula is C11H20O3. The highest BCUT2D eigenvalue weighted by molar-refractivity contribution is 4.75. The fourth-order valence-corrected chi connectivity index (χ4v) is 2.25. The van der Waals surface area contributed by atoms with Gasteiger partial charge in [0.2, 0.25) is 0 Å². The molecule has 0 amide bonds. The van der Waals surface area contributed by atoms with Gasteiger partial charge in [-0.15, -0.1) is 0 Å². The molecular weight excluding hydrogens is 180 g/mol. The van der Waals surface area contributed by atoms with Crippen molar-refractivity contribution in [3.05, 3.63) is 0 Å². The molecule has 82 valence electrons. The molecule has 1 saturated heterocycles. The Kier molecular flexibility index (Phi) is 3.79. The minimum Gasteiger partial charge on any atom is -0.390 e. The quantitative estimate of drug-likeness (QED) is 0.747. The number of rotatable bonds is 3. The zero-order valence-electron chi connectivity index (χ0n) is 8.65. The predicted octanol–water partition coefficient (Wildman–Crippen LogP) is 1.34. The van der Waals surface area contributed by atoms with Crippen LogP contribution in [0.4, 0.5) is 0 Å². The van der Waals surface area contributed by atoms with Crippen LogP contribution in [0.5, 0.6) is 0 Å². The van der Waals surface area contributed by atoms with E-state index in [1.165, 1.54) is 6.42 Å². The van der Waals surface area contributed by atoms with Crippen molar-refractivity contribution in [3.63, 3.8) is 0 Å². The van der Waals surface area contributed by atoms with Gasteiger partial charge < -0.3 is 14.6 Å². The van der Waals surface area contributed by atoms with Gasteiger partial charge in [-0.25, -0.2) is 0 Å². The number of hydrogen-bond donors (Lipinski definition) is 1. The van der Waals surface area contributed by atoms with Crippen molar-refractivity contribution in [1.29, 1.82) is 0 Å². The number of aliphatic hydroxyl groups excluding tert-OH is 1. The summed E-state index contributed by atoms with van der Waals surface area (Å²) in [7, 11) is 0. The molecule has 0 aromatic heterocycles. The maximum Gasteiger partial charge on any atom is 0.0834 e. The van der Waals surface area contributed by atoms with E-state index in [9.17, 15) is 5.11 Å². The van der Waals surface area contributed by atoms with E-state index in [2.05, 4.69) is 0 Å². The molecule has 3 nitrogen and oxygen atoms in total. The first-order valence-electron chi connectivity index (χ1n) is 5.73. The van der Waals surface area contributed by atoms with Crippen LogP contribution in [-0.2, 0) is 9.47 Å². The third kappa shape index (κ3) is 2.69. The summed E-state index contributed by atoms with van der Waals surface area (Å²) in [5, 5.41) is 9.69. The first-order valence-corrected chi connectivity index (χ1v) is 5.73. The monoisotopic (exact) mass is 200 g/mol. The standard InChI is InChI=1S/C11H20O3/c12-10-3-1-2-4-11(10)14-8-9-5-6-13-7-9/h9-12H,1-8H2. The van der Waals surface area contributed by atoms with Gasteiger partial charge in [-0.05, 0) is 19.3 Å². The molecule has 0 aromatic carbocycles. The van der Waals surface area contributed by atoms with E-state index in [1.807, 2.05) is 0 Å². The van der Waals surface area contributed by atoms with Crippen LogP contribution in [0.2, 0.25) is 0 Å². The van der Waals surface area contributed by atoms with Crippen molar-refractivity contribution in [2.24, 2.45) is 5.92 Å². The van der Waals surface area contributed by atoms with Gasteiger partial charge in [0.05, 0.1) is 25.4 Å². The van der Waals surface area contributed by atoms with E-state index in [-0.39, 0.29) is 12.2 Å². The molecule has 2 rings (SSSR count). The molecule has 3 unspecified atom stereocenters. The van der Waals surface area contributed by atoms with E-state index in [4.69, 9.17) is 9.47 Å². The smallest absolute Gasteiger partial charge is 0.0834 e. The Morgan fingerprint density at radius 1 is 1.21 bits per heavy atom. The summed E-state index contributed by atoms with van der Waals surface area (Å²) >= 11 is 0. The first kappa shape index (κ1) is 10.4. The molecule has 14 heavy (non-hydrogen) atoms. The van der Waals surface area contributed by atoms with Crippen LogP contribution in [0.15, 0.2) is 0 Å². The second kappa shape index (κ2) is 5.10. The van der Waals surface area contributed by atoms with E-state index in [0.29, 0.717) is 5.92 Å². The van der Waals surface area contributed by atoms with Gasteiger partial charge in [0.15, 0.2) is 0 Å². The average Bonchev–Trinajstić information content (AvgIpc) is 2.69. The van der Waals surface area contributed by atoms with Crippen LogP contribution in [0, 0.1) is 5.92 Å². The van der Waals surface area contributed by atoms with Gasteiger partial charge in [0.1, 0.15) is 0 Å². The zero-order valence-corrected chi connectivity index (χ0v) is 8.65. The van der Waals surface area contributed by atoms with Crippen LogP contribution in [0.25, 0.3) is 0 Å². The van der Waals surface area contributed by atoms with Gasteiger partial charge in [-0.3, -0.25) is 0 Å². The number of ether oxygens (including phenoxy) is 2. The van der Waals surface area contributed by atoms with Crippen molar-refractivity contribution in [2.45, 2.75) is 44.3 Å². The normalized spacial score (nSPS) is 38.8. The largest absolute Gasteiger partial charge is 0.390 e. The molecule has 1 saturated carbocycles. The molecule has 1 aliphatic carbocycles. The molecule has 3 heteroatoms. The molecule has 0 aromatic rings. The summed E-state index contributed by atoms with van der Waals surface area (Å²) in [6, 6.07) is 0. The number of aliphatic hydroxyl groups is 1. The Bertz CT molecular complexity index is 166. The molecule has 1 N–H and O–H groups in total. The van der Waals surface area contributed by atoms with Gasteiger partial charge in [-0.2, -0.15) is 0 Å². The Labute approximate surface area is 85.4 Å². The lowest BCUT2D eigenvalue weighted by Gasteiger charge is -2.28. The molecule has 0 radical (unpaired) electrons. The maximum atomic E-state index is 9.69. The highest BCUT2D eigenvalue weighted by atomic mass is 16.5. The minimum absolute atomic E-state index is 0.0874. The summed E-state index contributed by atoms with van der Waals surface area (Å²) < 4.78 is 11.0. The third-order valence-electron chi connectivity index (χ3n) is 3.24. The maximum absolute atomic E-state index is 9.69. The first-order chi connectivity index (χ1) is 6.86. The second-order valence-electron chi connectivity index (χ2n) is 4.45. The van der Waals surface area contributed by atoms with Crippen molar-refractivity contribution < 1.29 is 14.6 Å². The molecule has 3 atom stereocenters. The minimum atomic E-state index is -0.230. The van der Waals surface area contributed by atoms with Gasteiger partial charge in [0.25, 0.3) is 0 Å². The topological polar surface area (TPSA) is 38.7 Å². The van der Waals surface area contributed by atoms with Crippen LogP contribution in [-0.4, -0.2) is 37.1 Å². The highest BCUT2D eigenvalue weighted by Crippen LogP contribution is 2.22. The van der Waals surface area contributed by atoms with Gasteiger partial charge in [0, 0.05) is 12.5 Å². The average molecular weight is 200 g/mol. The van der Waals surface area contributed by atoms with Crippen molar-refractivity contribution in [2.75, 3.05) is 19.8 Å². The fourth-order valence-electron chi connectivity index (χ4n) is 2.25. The summed E-state index contributed by atoms with van der Waals surface area (Å²) in [6.07, 6.45) is 5.25. The molecule has 1 aliphatic heterocycles. The molecule has 0 spiro atoms. The molecule has 1 heterocycles. The lowest BCUT2D eigenvalue weighted by atomic mass is 9.95. The van der Waals surface area contributed by atoms with Crippen LogP contribution < -0.4 is 0 Å². The van der Waals surface area contributed by atoms with Gasteiger partial charge in [-0.1, -0.05) is 12.8 Å². The highest BCUT2D eigenvalue weighted by Gasteiger charge is 2.25. The van der Waals surface area contributed by atoms with E-state index in [1.54, 1.807) is 0 Å². The summed E-state index contributed by atoms with van der Waals surface area (Å²) in [6.45, 7) is 2.48. The summed E-state index contributed by atoms with van der Waals surface area (Å²) in [5.41, 5.74) is 0. The van der Waals surface area contributed by atoms with Crippen molar-refractivity contribution in [1.82, 2.24) is 0 Å². The van der Waals surface area contributed by atoms with E-state index < -0.39 is 0 Å². The third-order valence-corrected chi connectivity index (χ3v) is 3.24. The Morgan fingerprint density at radius 3 is 2.79 bits per heavy atom. The predicted molar refractivity (Wildman–Crippen MR) is 53.1 cm³/mol. The SMILES string of the molecule is OC1CCCCC1OCC1CCOC1. The lowest BCUT2D eigenvalue weighted by Crippen LogP contribution is -2.33. The van der Waals surface area contributed by atoms with Gasteiger partial charge >= 0.3 is 0 Å². The van der Waals surface area contributed by atoms with Crippen LogP contribution in [0.3, 0.4) is 0 Å². The second-order valence-corrected chi connectivity index (χ2v) is 4.45. The molecule has 2 aliphatic rings. The summed E-state index contributed by atoms with van der Waals surface area (Å²) in [4.78, 5) is 0. The Hall–Kier alpha value is -0.120. The molecule has 0 bridgehead atoms. The van der Waals surface area contributed by atoms with E-state index in [0.717, 1.165) is 45.5 Å². The Balaban J connectivity index is 1.67. The molecule has 2 fully saturated rings. The fraction of sp³-hybridized carbons (Fsp3) is 1.00. The Morgan fingerprint density at radius 2 is 2.07 bits per heavy atom. The summed E-state index contributed by atoms with van der Waals surface area (Å²) in [5.74, 6) is 0.559. The van der Waals surface area contributed by atoms with Crippen LogP contribution >= 0.6 is 0 Å². The van der Waals surface area contributed by atoms with Crippen LogP contribution in [0.1, 0.15) is 32.1 Å². The zero-order chi connectivity index (χ0) is 9.80. The van der Waals surface area contributed by atoms with E-state index >= 15 is 0 Å². The number of hydrogen-bond acceptors (Lipinski definition) is 3. The van der Waals surface area contributed by atoms with Crippen molar-refractivity contribution >= 4 is 0 Å². The lowest BCUT2D eigenvalue weighted by molar-refractivity contribution is -0.0691. The van der Waals surface area contributed by atoms with Crippen molar-refractivity contribution in [3.8, 4) is 0 Å².